The van der Waals surface area contributed by atoms with Gasteiger partial charge in [-0.05, 0) is 5.41 Å². The van der Waals surface area contributed by atoms with Crippen LogP contribution >= 0.6 is 0 Å². The highest BCUT2D eigenvalue weighted by Gasteiger charge is 2.31. The van der Waals surface area contributed by atoms with Crippen LogP contribution < -0.4 is 0 Å². The molecule has 5 nitrogen and oxygen atoms in total. The van der Waals surface area contributed by atoms with Crippen molar-refractivity contribution in [3.8, 4) is 0 Å². The average molecular weight is 264 g/mol. The van der Waals surface area contributed by atoms with Crippen LogP contribution in [0, 0.1) is 5.41 Å². The van der Waals surface area contributed by atoms with Crippen LogP contribution in [0.5, 0.6) is 0 Å². The van der Waals surface area contributed by atoms with E-state index in [0.717, 1.165) is 0 Å². The van der Waals surface area contributed by atoms with Gasteiger partial charge >= 0.3 is 0 Å². The van der Waals surface area contributed by atoms with Gasteiger partial charge in [-0.2, -0.15) is 4.98 Å². The molecular weight excluding hydrogens is 246 g/mol. The van der Waals surface area contributed by atoms with Gasteiger partial charge in [-0.1, -0.05) is 25.9 Å². The Balaban J connectivity index is 2.79. The molecule has 0 aliphatic carbocycles. The number of methoxy groups -OCH3 is 1. The lowest BCUT2D eigenvalue weighted by Crippen LogP contribution is -2.22. The molecule has 0 spiro atoms. The van der Waals surface area contributed by atoms with E-state index in [4.69, 9.17) is 14.4 Å². The van der Waals surface area contributed by atoms with E-state index in [0.29, 0.717) is 5.82 Å². The van der Waals surface area contributed by atoms with E-state index in [-0.39, 0.29) is 17.7 Å². The first-order chi connectivity index (χ1) is 8.25. The van der Waals surface area contributed by atoms with Crippen LogP contribution in [0.25, 0.3) is 0 Å². The highest BCUT2D eigenvalue weighted by atomic mass is 19.3. The maximum absolute atomic E-state index is 12.2. The molecule has 1 N–H and O–H groups in total. The Morgan fingerprint density at radius 1 is 1.39 bits per heavy atom. The summed E-state index contributed by atoms with van der Waals surface area (Å²) in [6.07, 6.45) is -5.40. The molecule has 0 aliphatic rings. The number of aromatic nitrogens is 2. The smallest absolute Gasteiger partial charge is 0.264 e. The zero-order valence-electron chi connectivity index (χ0n) is 10.9. The second kappa shape index (κ2) is 5.71. The lowest BCUT2D eigenvalue weighted by molar-refractivity contribution is -0.00754. The molecule has 0 amide bonds. The van der Waals surface area contributed by atoms with Crippen molar-refractivity contribution in [2.75, 3.05) is 7.11 Å². The molecule has 2 atom stereocenters. The second-order valence-electron chi connectivity index (χ2n) is 5.13. The minimum Gasteiger partial charge on any atom is -0.387 e. The Kier molecular flexibility index (Phi) is 4.75. The van der Waals surface area contributed by atoms with Crippen molar-refractivity contribution in [2.24, 2.45) is 5.41 Å². The third-order valence-corrected chi connectivity index (χ3v) is 2.42. The van der Waals surface area contributed by atoms with Crippen molar-refractivity contribution in [1.82, 2.24) is 10.1 Å². The SMILES string of the molecule is COC(c1noc(CC(O)C(F)F)n1)C(C)(C)C. The number of alkyl halides is 2. The molecule has 18 heavy (non-hydrogen) atoms. The molecule has 2 unspecified atom stereocenters. The molecule has 0 bridgehead atoms. The minimum absolute atomic E-state index is 0.0240. The van der Waals surface area contributed by atoms with Gasteiger partial charge in [0.2, 0.25) is 11.7 Å². The summed E-state index contributed by atoms with van der Waals surface area (Å²) in [5, 5.41) is 12.7. The molecule has 0 saturated carbocycles. The van der Waals surface area contributed by atoms with Gasteiger partial charge in [0.1, 0.15) is 12.2 Å². The van der Waals surface area contributed by atoms with E-state index in [1.54, 1.807) is 0 Å². The zero-order valence-corrected chi connectivity index (χ0v) is 10.9. The van der Waals surface area contributed by atoms with Crippen molar-refractivity contribution in [2.45, 2.75) is 45.8 Å². The average Bonchev–Trinajstić information content (AvgIpc) is 2.64. The molecular formula is C11H18F2N2O3. The summed E-state index contributed by atoms with van der Waals surface area (Å²) in [4.78, 5) is 3.97. The summed E-state index contributed by atoms with van der Waals surface area (Å²) in [7, 11) is 1.51. The van der Waals surface area contributed by atoms with Crippen molar-refractivity contribution in [3.63, 3.8) is 0 Å². The number of nitrogens with zero attached hydrogens (tertiary/aromatic N) is 2. The molecule has 1 heterocycles. The van der Waals surface area contributed by atoms with Gasteiger partial charge in [0.25, 0.3) is 6.43 Å². The number of aliphatic hydroxyl groups excluding tert-OH is 1. The van der Waals surface area contributed by atoms with Gasteiger partial charge in [-0.3, -0.25) is 0 Å². The fourth-order valence-corrected chi connectivity index (χ4v) is 1.57. The number of aliphatic hydroxyl groups is 1. The summed E-state index contributed by atoms with van der Waals surface area (Å²) >= 11 is 0. The molecule has 1 rings (SSSR count). The Hall–Kier alpha value is -1.08. The standard InChI is InChI=1S/C11H18F2N2O3/c1-11(2,3)8(17-4)10-14-7(18-15-10)5-6(16)9(12)13/h6,8-9,16H,5H2,1-4H3. The van der Waals surface area contributed by atoms with Gasteiger partial charge in [-0.15, -0.1) is 0 Å². The summed E-state index contributed by atoms with van der Waals surface area (Å²) in [6.45, 7) is 5.81. The van der Waals surface area contributed by atoms with E-state index in [1.165, 1.54) is 7.11 Å². The number of hydrogen-bond acceptors (Lipinski definition) is 5. The monoisotopic (exact) mass is 264 g/mol. The lowest BCUT2D eigenvalue weighted by atomic mass is 9.88. The molecule has 1 aromatic rings. The van der Waals surface area contributed by atoms with Crippen molar-refractivity contribution < 1.29 is 23.1 Å². The largest absolute Gasteiger partial charge is 0.387 e. The highest BCUT2D eigenvalue weighted by molar-refractivity contribution is 4.97. The number of halogens is 2. The van der Waals surface area contributed by atoms with E-state index >= 15 is 0 Å². The Morgan fingerprint density at radius 2 is 2.00 bits per heavy atom. The lowest BCUT2D eigenvalue weighted by Gasteiger charge is -2.26. The maximum Gasteiger partial charge on any atom is 0.264 e. The van der Waals surface area contributed by atoms with E-state index in [9.17, 15) is 8.78 Å². The van der Waals surface area contributed by atoms with Crippen LogP contribution in [0.2, 0.25) is 0 Å². The quantitative estimate of drug-likeness (QED) is 0.880. The van der Waals surface area contributed by atoms with Gasteiger partial charge in [0.05, 0.1) is 6.42 Å². The molecule has 0 aromatic carbocycles. The molecule has 0 aliphatic heterocycles. The van der Waals surface area contributed by atoms with Crippen molar-refractivity contribution >= 4 is 0 Å². The number of ether oxygens (including phenoxy) is 1. The predicted molar refractivity (Wildman–Crippen MR) is 59.2 cm³/mol. The van der Waals surface area contributed by atoms with Gasteiger partial charge in [-0.25, -0.2) is 8.78 Å². The highest BCUT2D eigenvalue weighted by Crippen LogP contribution is 2.33. The zero-order chi connectivity index (χ0) is 13.9. The van der Waals surface area contributed by atoms with Crippen LogP contribution in [0.4, 0.5) is 8.78 Å². The molecule has 7 heteroatoms. The van der Waals surface area contributed by atoms with E-state index in [2.05, 4.69) is 10.1 Å². The van der Waals surface area contributed by atoms with Crippen molar-refractivity contribution in [1.29, 1.82) is 0 Å². The number of rotatable bonds is 5. The van der Waals surface area contributed by atoms with Crippen LogP contribution in [0.3, 0.4) is 0 Å². The fourth-order valence-electron chi connectivity index (χ4n) is 1.57. The normalized spacial score (nSPS) is 16.0. The van der Waals surface area contributed by atoms with E-state index in [1.807, 2.05) is 20.8 Å². The summed E-state index contributed by atoms with van der Waals surface area (Å²) in [6, 6.07) is 0. The Labute approximate surface area is 104 Å². The maximum atomic E-state index is 12.2. The van der Waals surface area contributed by atoms with E-state index < -0.39 is 18.6 Å². The topological polar surface area (TPSA) is 68.4 Å². The van der Waals surface area contributed by atoms with Crippen LogP contribution in [-0.2, 0) is 11.2 Å². The van der Waals surface area contributed by atoms with Crippen LogP contribution in [0.1, 0.15) is 38.6 Å². The van der Waals surface area contributed by atoms with Gasteiger partial charge in [0, 0.05) is 7.11 Å². The molecule has 1 aromatic heterocycles. The Bertz CT molecular complexity index is 377. The van der Waals surface area contributed by atoms with Crippen LogP contribution in [0.15, 0.2) is 4.52 Å². The Morgan fingerprint density at radius 3 is 2.44 bits per heavy atom. The first-order valence-electron chi connectivity index (χ1n) is 5.57. The van der Waals surface area contributed by atoms with Crippen LogP contribution in [-0.4, -0.2) is 34.9 Å². The first-order valence-corrected chi connectivity index (χ1v) is 5.57. The fraction of sp³-hybridized carbons (Fsp3) is 0.818. The van der Waals surface area contributed by atoms with Crippen molar-refractivity contribution in [3.05, 3.63) is 11.7 Å². The van der Waals surface area contributed by atoms with Gasteiger partial charge < -0.3 is 14.4 Å². The third-order valence-electron chi connectivity index (χ3n) is 2.42. The minimum atomic E-state index is -2.83. The first kappa shape index (κ1) is 15.0. The number of hydrogen-bond donors (Lipinski definition) is 1. The second-order valence-corrected chi connectivity index (χ2v) is 5.13. The molecule has 0 saturated heterocycles. The summed E-state index contributed by atoms with van der Waals surface area (Å²) in [5.41, 5.74) is -0.253. The molecule has 104 valence electrons. The molecule has 0 radical (unpaired) electrons. The summed E-state index contributed by atoms with van der Waals surface area (Å²) < 4.78 is 34.4. The predicted octanol–water partition coefficient (Wildman–Crippen LogP) is 1.97. The van der Waals surface area contributed by atoms with Gasteiger partial charge in [0.15, 0.2) is 0 Å². The molecule has 0 fully saturated rings. The third kappa shape index (κ3) is 3.71. The summed E-state index contributed by atoms with van der Waals surface area (Å²) in [5.74, 6) is 0.269.